The predicted octanol–water partition coefficient (Wildman–Crippen LogP) is 2.92. The maximum absolute atomic E-state index is 14.2. The standard InChI is InChI=1S/C41H43N7O6/c42-37(49)33(24-32-25-43-27-44-32)45-38(50)34(21-28-13-5-1-6-14-28)46-39(51)35(22-29-15-7-2-8-16-29)47-40(52)36(23-30-17-9-3-10-18-30)48-41(53)54-26-31-19-11-4-12-20-31/h1-20,25,27,33-36H,21-24,26H2,(H2,42,49)(H,43,44)(H,45,50)(H,46,51)(H,47,52)(H,48,53)/t33-,34-,35-,36-/m0/s1. The molecular formula is C41H43N7O6. The van der Waals surface area contributed by atoms with Crippen molar-refractivity contribution >= 4 is 29.7 Å². The Morgan fingerprint density at radius 1 is 0.537 bits per heavy atom. The zero-order valence-corrected chi connectivity index (χ0v) is 29.5. The molecule has 5 aromatic rings. The Hall–Kier alpha value is -6.76. The molecule has 0 saturated carbocycles. The van der Waals surface area contributed by atoms with Crippen molar-refractivity contribution in [1.29, 1.82) is 0 Å². The Morgan fingerprint density at radius 3 is 1.31 bits per heavy atom. The number of carbonyl (C=O) groups excluding carboxylic acids is 5. The van der Waals surface area contributed by atoms with Gasteiger partial charge < -0.3 is 36.7 Å². The van der Waals surface area contributed by atoms with E-state index in [2.05, 4.69) is 31.2 Å². The fraction of sp³-hybridized carbons (Fsp3) is 0.220. The van der Waals surface area contributed by atoms with Crippen LogP contribution >= 0.6 is 0 Å². The molecule has 278 valence electrons. The number of imidazole rings is 1. The van der Waals surface area contributed by atoms with Crippen LogP contribution in [0.25, 0.3) is 0 Å². The highest BCUT2D eigenvalue weighted by molar-refractivity contribution is 5.95. The predicted molar refractivity (Wildman–Crippen MR) is 201 cm³/mol. The molecule has 1 heterocycles. The summed E-state index contributed by atoms with van der Waals surface area (Å²) in [6.07, 6.45) is 2.47. The first-order chi connectivity index (χ1) is 26.2. The smallest absolute Gasteiger partial charge is 0.408 e. The molecule has 0 aliphatic rings. The van der Waals surface area contributed by atoms with Crippen molar-refractivity contribution in [1.82, 2.24) is 31.2 Å². The van der Waals surface area contributed by atoms with Gasteiger partial charge in [-0.2, -0.15) is 0 Å². The van der Waals surface area contributed by atoms with E-state index in [1.54, 1.807) is 12.1 Å². The van der Waals surface area contributed by atoms with E-state index in [-0.39, 0.29) is 32.3 Å². The maximum atomic E-state index is 14.2. The van der Waals surface area contributed by atoms with Crippen molar-refractivity contribution in [3.63, 3.8) is 0 Å². The Balaban J connectivity index is 1.36. The van der Waals surface area contributed by atoms with Crippen LogP contribution in [0, 0.1) is 0 Å². The number of hydrogen-bond donors (Lipinski definition) is 6. The SMILES string of the molecule is NC(=O)[C@H](Cc1cnc[nH]1)NC(=O)[C@H](Cc1ccccc1)NC(=O)[C@H](Cc1ccccc1)NC(=O)[C@H](Cc1ccccc1)NC(=O)OCc1ccccc1. The van der Waals surface area contributed by atoms with Crippen molar-refractivity contribution < 1.29 is 28.7 Å². The van der Waals surface area contributed by atoms with Gasteiger partial charge in [0.25, 0.3) is 0 Å². The van der Waals surface area contributed by atoms with Crippen LogP contribution in [0.4, 0.5) is 4.79 Å². The molecular weight excluding hydrogens is 686 g/mol. The van der Waals surface area contributed by atoms with E-state index in [1.807, 2.05) is 109 Å². The number of H-pyrrole nitrogens is 1. The van der Waals surface area contributed by atoms with Gasteiger partial charge in [0, 0.05) is 37.6 Å². The normalized spacial score (nSPS) is 13.0. The number of hydrogen-bond acceptors (Lipinski definition) is 7. The Bertz CT molecular complexity index is 1950. The van der Waals surface area contributed by atoms with Gasteiger partial charge in [-0.1, -0.05) is 121 Å². The molecule has 0 unspecified atom stereocenters. The molecule has 0 radical (unpaired) electrons. The molecule has 0 bridgehead atoms. The molecule has 0 spiro atoms. The van der Waals surface area contributed by atoms with Gasteiger partial charge in [0.15, 0.2) is 0 Å². The van der Waals surface area contributed by atoms with Gasteiger partial charge in [-0.25, -0.2) is 9.78 Å². The molecule has 0 aliphatic heterocycles. The molecule has 7 N–H and O–H groups in total. The van der Waals surface area contributed by atoms with Gasteiger partial charge in [-0.05, 0) is 22.3 Å². The number of aromatic nitrogens is 2. The Morgan fingerprint density at radius 2 is 0.926 bits per heavy atom. The second-order valence-corrected chi connectivity index (χ2v) is 12.7. The molecule has 0 saturated heterocycles. The Kier molecular flexibility index (Phi) is 14.1. The first-order valence-corrected chi connectivity index (χ1v) is 17.5. The summed E-state index contributed by atoms with van der Waals surface area (Å²) >= 11 is 0. The zero-order valence-electron chi connectivity index (χ0n) is 29.5. The molecule has 5 amide bonds. The highest BCUT2D eigenvalue weighted by Gasteiger charge is 2.32. The van der Waals surface area contributed by atoms with E-state index >= 15 is 0 Å². The minimum absolute atomic E-state index is 0.00520. The molecule has 0 aliphatic carbocycles. The summed E-state index contributed by atoms with van der Waals surface area (Å²) in [5.74, 6) is -2.71. The van der Waals surface area contributed by atoms with Crippen LogP contribution in [0.1, 0.15) is 27.9 Å². The average molecular weight is 730 g/mol. The highest BCUT2D eigenvalue weighted by Crippen LogP contribution is 2.11. The lowest BCUT2D eigenvalue weighted by Gasteiger charge is -2.26. The van der Waals surface area contributed by atoms with Crippen molar-refractivity contribution in [3.8, 4) is 0 Å². The van der Waals surface area contributed by atoms with E-state index in [9.17, 15) is 24.0 Å². The lowest BCUT2D eigenvalue weighted by atomic mass is 10.0. The van der Waals surface area contributed by atoms with Gasteiger partial charge in [0.2, 0.25) is 23.6 Å². The number of nitrogens with zero attached hydrogens (tertiary/aromatic N) is 1. The number of carbonyl (C=O) groups is 5. The van der Waals surface area contributed by atoms with Crippen LogP contribution in [-0.4, -0.2) is 63.9 Å². The minimum Gasteiger partial charge on any atom is -0.445 e. The van der Waals surface area contributed by atoms with Gasteiger partial charge >= 0.3 is 6.09 Å². The van der Waals surface area contributed by atoms with E-state index < -0.39 is 53.9 Å². The molecule has 13 heteroatoms. The Labute approximate surface area is 313 Å². The summed E-state index contributed by atoms with van der Waals surface area (Å²) in [6, 6.07) is 31.8. The summed E-state index contributed by atoms with van der Waals surface area (Å²) < 4.78 is 5.42. The molecule has 5 rings (SSSR count). The van der Waals surface area contributed by atoms with E-state index in [4.69, 9.17) is 10.5 Å². The number of nitrogens with two attached hydrogens (primary N) is 1. The van der Waals surface area contributed by atoms with Gasteiger partial charge in [-0.3, -0.25) is 19.2 Å². The monoisotopic (exact) mass is 729 g/mol. The molecule has 13 nitrogen and oxygen atoms in total. The summed E-state index contributed by atoms with van der Waals surface area (Å²) in [5.41, 5.74) is 9.25. The summed E-state index contributed by atoms with van der Waals surface area (Å²) in [4.78, 5) is 74.3. The van der Waals surface area contributed by atoms with Crippen molar-refractivity contribution in [2.45, 2.75) is 56.5 Å². The van der Waals surface area contributed by atoms with Gasteiger partial charge in [0.1, 0.15) is 30.8 Å². The maximum Gasteiger partial charge on any atom is 0.408 e. The number of aromatic amines is 1. The van der Waals surface area contributed by atoms with Crippen molar-refractivity contribution in [2.75, 3.05) is 0 Å². The lowest BCUT2D eigenvalue weighted by Crippen LogP contribution is -2.59. The van der Waals surface area contributed by atoms with E-state index in [0.717, 1.165) is 22.3 Å². The van der Waals surface area contributed by atoms with Crippen LogP contribution in [0.5, 0.6) is 0 Å². The van der Waals surface area contributed by atoms with Gasteiger partial charge in [-0.15, -0.1) is 0 Å². The number of ether oxygens (including phenoxy) is 1. The number of rotatable bonds is 18. The quantitative estimate of drug-likeness (QED) is 0.0797. The molecule has 4 aromatic carbocycles. The van der Waals surface area contributed by atoms with Crippen molar-refractivity contribution in [3.05, 3.63) is 162 Å². The number of nitrogens with one attached hydrogen (secondary N) is 5. The average Bonchev–Trinajstić information content (AvgIpc) is 3.71. The minimum atomic E-state index is -1.18. The summed E-state index contributed by atoms with van der Waals surface area (Å²) in [6.45, 7) is -0.00520. The van der Waals surface area contributed by atoms with Crippen LogP contribution in [-0.2, 0) is 56.2 Å². The number of primary amides is 1. The van der Waals surface area contributed by atoms with Gasteiger partial charge in [0.05, 0.1) is 6.33 Å². The van der Waals surface area contributed by atoms with E-state index in [0.29, 0.717) is 5.69 Å². The third kappa shape index (κ3) is 12.2. The molecule has 4 atom stereocenters. The third-order valence-electron chi connectivity index (χ3n) is 8.57. The largest absolute Gasteiger partial charge is 0.445 e. The summed E-state index contributed by atoms with van der Waals surface area (Å²) in [5, 5.41) is 11.0. The molecule has 1 aromatic heterocycles. The molecule has 0 fully saturated rings. The fourth-order valence-corrected chi connectivity index (χ4v) is 5.74. The van der Waals surface area contributed by atoms with Crippen molar-refractivity contribution in [2.24, 2.45) is 5.73 Å². The van der Waals surface area contributed by atoms with E-state index in [1.165, 1.54) is 12.5 Å². The first-order valence-electron chi connectivity index (χ1n) is 17.5. The number of benzene rings is 4. The van der Waals surface area contributed by atoms with Crippen LogP contribution in [0.15, 0.2) is 134 Å². The zero-order chi connectivity index (χ0) is 38.1. The number of amides is 5. The lowest BCUT2D eigenvalue weighted by molar-refractivity contribution is -0.133. The first kappa shape index (κ1) is 38.5. The van der Waals surface area contributed by atoms with Crippen LogP contribution < -0.4 is 27.0 Å². The van der Waals surface area contributed by atoms with Crippen LogP contribution in [0.2, 0.25) is 0 Å². The van der Waals surface area contributed by atoms with Crippen LogP contribution in [0.3, 0.4) is 0 Å². The summed E-state index contributed by atoms with van der Waals surface area (Å²) in [7, 11) is 0. The topological polar surface area (TPSA) is 197 Å². The molecule has 54 heavy (non-hydrogen) atoms. The highest BCUT2D eigenvalue weighted by atomic mass is 16.5. The fourth-order valence-electron chi connectivity index (χ4n) is 5.74. The second kappa shape index (κ2) is 19.7. The second-order valence-electron chi connectivity index (χ2n) is 12.7. The number of alkyl carbamates (subject to hydrolysis) is 1. The third-order valence-corrected chi connectivity index (χ3v) is 8.57.